The maximum atomic E-state index is 5.91. The predicted octanol–water partition coefficient (Wildman–Crippen LogP) is -0.864. The summed E-state index contributed by atoms with van der Waals surface area (Å²) in [6, 6.07) is 0.684. The summed E-state index contributed by atoms with van der Waals surface area (Å²) in [5.41, 5.74) is -0.0562. The highest BCUT2D eigenvalue weighted by Gasteiger charge is 2.58. The van der Waals surface area contributed by atoms with E-state index in [9.17, 15) is 0 Å². The molecule has 1 N–H and O–H groups in total. The first kappa shape index (κ1) is 9.24. The van der Waals surface area contributed by atoms with Crippen molar-refractivity contribution in [1.29, 1.82) is 0 Å². The molecule has 2 rings (SSSR count). The highest BCUT2D eigenvalue weighted by molar-refractivity contribution is 14.1. The molecule has 5 heteroatoms. The molecule has 0 aromatic carbocycles. The van der Waals surface area contributed by atoms with Crippen molar-refractivity contribution in [2.45, 2.75) is 23.8 Å². The van der Waals surface area contributed by atoms with E-state index >= 15 is 0 Å². The molecule has 0 amide bonds. The van der Waals surface area contributed by atoms with Crippen molar-refractivity contribution < 1.29 is 9.47 Å². The smallest absolute Gasteiger partial charge is 0.141 e. The molecule has 2 heterocycles. The zero-order valence-corrected chi connectivity index (χ0v) is 9.50. The largest absolute Gasteiger partial charge is 0.377 e. The van der Waals surface area contributed by atoms with Crippen LogP contribution in [0.4, 0.5) is 0 Å². The lowest BCUT2D eigenvalue weighted by molar-refractivity contribution is -0.0511. The Hall–Kier alpha value is 0.675. The lowest BCUT2D eigenvalue weighted by atomic mass is 9.91. The molecule has 2 aliphatic rings. The molecule has 0 radical (unpaired) electrons. The molecule has 68 valence electrons. The molecule has 12 heavy (non-hydrogen) atoms. The van der Waals surface area contributed by atoms with Crippen LogP contribution >= 0.6 is 22.6 Å². The summed E-state index contributed by atoms with van der Waals surface area (Å²) in [6.07, 6.45) is 0.240. The van der Waals surface area contributed by atoms with Crippen LogP contribution < -0.4 is 5.32 Å². The molecule has 2 unspecified atom stereocenters. The standard InChI is InChI=1S/C7H13BINO2/c1-11-5-4-6(8)12-7(5,2-9)3-10-4/h4-6,10H,2-3,8H2,1H3/t4?,5?,6-,7+/m1/s1. The van der Waals surface area contributed by atoms with Crippen molar-refractivity contribution in [1.82, 2.24) is 5.32 Å². The van der Waals surface area contributed by atoms with Gasteiger partial charge in [0.15, 0.2) is 0 Å². The number of hydrogen-bond donors (Lipinski definition) is 1. The molecule has 2 saturated heterocycles. The lowest BCUT2D eigenvalue weighted by Crippen LogP contribution is -2.46. The van der Waals surface area contributed by atoms with Crippen molar-refractivity contribution in [3.05, 3.63) is 0 Å². The van der Waals surface area contributed by atoms with Crippen LogP contribution in [0.1, 0.15) is 0 Å². The molecular formula is C7H13BINO2. The highest BCUT2D eigenvalue weighted by Crippen LogP contribution is 2.38. The van der Waals surface area contributed by atoms with Gasteiger partial charge >= 0.3 is 0 Å². The van der Waals surface area contributed by atoms with Crippen molar-refractivity contribution in [3.8, 4) is 0 Å². The molecule has 3 nitrogen and oxygen atoms in total. The fourth-order valence-corrected chi connectivity index (χ4v) is 3.19. The fraction of sp³-hybridized carbons (Fsp3) is 1.00. The minimum Gasteiger partial charge on any atom is -0.377 e. The third kappa shape index (κ3) is 1.06. The Labute approximate surface area is 87.1 Å². The summed E-state index contributed by atoms with van der Waals surface area (Å²) < 4.78 is 12.4. The number of halogens is 1. The Morgan fingerprint density at radius 2 is 2.58 bits per heavy atom. The Kier molecular flexibility index (Phi) is 2.40. The van der Waals surface area contributed by atoms with E-state index in [-0.39, 0.29) is 11.7 Å². The normalized spacial score (nSPS) is 51.7. The quantitative estimate of drug-likeness (QED) is 0.406. The number of rotatable bonds is 2. The molecule has 0 aromatic rings. The molecule has 0 aromatic heterocycles. The van der Waals surface area contributed by atoms with Gasteiger partial charge in [-0.15, -0.1) is 0 Å². The van der Waals surface area contributed by atoms with E-state index in [1.54, 1.807) is 7.11 Å². The maximum absolute atomic E-state index is 5.91. The third-order valence-corrected chi connectivity index (χ3v) is 4.18. The first-order valence-corrected chi connectivity index (χ1v) is 5.76. The first-order valence-electron chi connectivity index (χ1n) is 4.23. The van der Waals surface area contributed by atoms with Crippen molar-refractivity contribution in [2.24, 2.45) is 0 Å². The van der Waals surface area contributed by atoms with Gasteiger partial charge in [-0.1, -0.05) is 22.6 Å². The van der Waals surface area contributed by atoms with Gasteiger partial charge in [-0.25, -0.2) is 0 Å². The second-order valence-corrected chi connectivity index (χ2v) is 4.35. The number of fused-ring (bicyclic) bond motifs is 2. The van der Waals surface area contributed by atoms with Gasteiger partial charge in [0.25, 0.3) is 0 Å². The Morgan fingerprint density at radius 3 is 3.00 bits per heavy atom. The maximum Gasteiger partial charge on any atom is 0.141 e. The van der Waals surface area contributed by atoms with Gasteiger partial charge in [0.1, 0.15) is 19.6 Å². The Morgan fingerprint density at radius 1 is 1.83 bits per heavy atom. The molecule has 2 fully saturated rings. The number of morpholine rings is 1. The van der Waals surface area contributed by atoms with Gasteiger partial charge in [0.05, 0.1) is 6.04 Å². The van der Waals surface area contributed by atoms with Gasteiger partial charge in [-0.05, 0) is 0 Å². The Balaban J connectivity index is 2.23. The summed E-state index contributed by atoms with van der Waals surface area (Å²) in [5, 5.41) is 3.44. The molecule has 2 bridgehead atoms. The van der Waals surface area contributed by atoms with E-state index < -0.39 is 0 Å². The number of hydrogen-bond acceptors (Lipinski definition) is 3. The van der Waals surface area contributed by atoms with Crippen LogP contribution in [0.3, 0.4) is 0 Å². The summed E-state index contributed by atoms with van der Waals surface area (Å²) >= 11 is 2.37. The van der Waals surface area contributed by atoms with Gasteiger partial charge in [-0.3, -0.25) is 0 Å². The average Bonchev–Trinajstić information content (AvgIpc) is 2.56. The van der Waals surface area contributed by atoms with Crippen molar-refractivity contribution in [3.63, 3.8) is 0 Å². The summed E-state index contributed by atoms with van der Waals surface area (Å²) in [5.74, 6) is 0. The fourth-order valence-electron chi connectivity index (χ4n) is 2.31. The third-order valence-electron chi connectivity index (χ3n) is 2.89. The van der Waals surface area contributed by atoms with Gasteiger partial charge in [0.2, 0.25) is 0 Å². The molecule has 0 spiro atoms. The second-order valence-electron chi connectivity index (χ2n) is 3.58. The van der Waals surface area contributed by atoms with Crippen LogP contribution in [0.15, 0.2) is 0 Å². The van der Waals surface area contributed by atoms with E-state index in [0.29, 0.717) is 12.0 Å². The molecule has 2 aliphatic heterocycles. The number of methoxy groups -OCH3 is 1. The van der Waals surface area contributed by atoms with E-state index in [4.69, 9.17) is 9.47 Å². The topological polar surface area (TPSA) is 30.5 Å². The summed E-state index contributed by atoms with van der Waals surface area (Å²) in [4.78, 5) is 0. The SMILES string of the molecule is B[C@@H]1O[C@@]2(CI)CNC1C2OC. The monoisotopic (exact) mass is 281 g/mol. The minimum absolute atomic E-state index is 0.0562. The average molecular weight is 281 g/mol. The molecule has 0 saturated carbocycles. The van der Waals surface area contributed by atoms with Crippen molar-refractivity contribution >= 4 is 30.4 Å². The predicted molar refractivity (Wildman–Crippen MR) is 57.6 cm³/mol. The number of ether oxygens (including phenoxy) is 2. The van der Waals surface area contributed by atoms with E-state index in [1.807, 2.05) is 0 Å². The summed E-state index contributed by atoms with van der Waals surface area (Å²) in [7, 11) is 3.88. The van der Waals surface area contributed by atoms with Crippen LogP contribution in [0.2, 0.25) is 0 Å². The van der Waals surface area contributed by atoms with Crippen molar-refractivity contribution in [2.75, 3.05) is 18.1 Å². The van der Waals surface area contributed by atoms with E-state index in [2.05, 4.69) is 35.8 Å². The Bertz CT molecular complexity index is 194. The lowest BCUT2D eigenvalue weighted by Gasteiger charge is -2.29. The van der Waals surface area contributed by atoms with E-state index in [0.717, 1.165) is 11.0 Å². The van der Waals surface area contributed by atoms with Gasteiger partial charge in [-0.2, -0.15) is 0 Å². The summed E-state index contributed by atoms with van der Waals surface area (Å²) in [6.45, 7) is 0.934. The highest BCUT2D eigenvalue weighted by atomic mass is 127. The molecule has 0 aliphatic carbocycles. The van der Waals surface area contributed by atoms with Crippen LogP contribution in [0.25, 0.3) is 0 Å². The molecular weight excluding hydrogens is 268 g/mol. The van der Waals surface area contributed by atoms with Crippen LogP contribution in [0.5, 0.6) is 0 Å². The molecule has 4 atom stereocenters. The second kappa shape index (κ2) is 3.11. The van der Waals surface area contributed by atoms with Crippen LogP contribution in [0, 0.1) is 0 Å². The van der Waals surface area contributed by atoms with Crippen LogP contribution in [-0.2, 0) is 9.47 Å². The van der Waals surface area contributed by atoms with E-state index in [1.165, 1.54) is 0 Å². The first-order chi connectivity index (χ1) is 5.73. The number of nitrogens with one attached hydrogen (secondary N) is 1. The zero-order valence-electron chi connectivity index (χ0n) is 7.34. The number of alkyl halides is 1. The minimum atomic E-state index is -0.0562. The van der Waals surface area contributed by atoms with Gasteiger partial charge < -0.3 is 14.8 Å². The zero-order chi connectivity index (χ0) is 8.77. The van der Waals surface area contributed by atoms with Gasteiger partial charge in [0, 0.05) is 24.1 Å². The van der Waals surface area contributed by atoms with Crippen LogP contribution in [-0.4, -0.2) is 49.7 Å².